The van der Waals surface area contributed by atoms with E-state index in [9.17, 15) is 18.0 Å². The molecule has 170 valence electrons. The second-order valence-corrected chi connectivity index (χ2v) is 9.77. The van der Waals surface area contributed by atoms with Gasteiger partial charge >= 0.3 is 5.76 Å². The summed E-state index contributed by atoms with van der Waals surface area (Å²) in [6, 6.07) is 11.8. The van der Waals surface area contributed by atoms with E-state index in [1.807, 2.05) is 24.3 Å². The van der Waals surface area contributed by atoms with Crippen LogP contribution in [0, 0.1) is 5.92 Å². The molecular weight excluding hydrogens is 434 g/mol. The number of sulfonamides is 1. The highest BCUT2D eigenvalue weighted by molar-refractivity contribution is 7.89. The van der Waals surface area contributed by atoms with Crippen LogP contribution in [-0.2, 0) is 28.4 Å². The number of ether oxygens (including phenoxy) is 1. The van der Waals surface area contributed by atoms with Gasteiger partial charge in [0.15, 0.2) is 5.58 Å². The first-order valence-electron chi connectivity index (χ1n) is 10.3. The molecule has 0 aliphatic carbocycles. The zero-order valence-electron chi connectivity index (χ0n) is 17.9. The van der Waals surface area contributed by atoms with Crippen molar-refractivity contribution in [2.45, 2.75) is 24.3 Å². The van der Waals surface area contributed by atoms with Crippen LogP contribution in [0.1, 0.15) is 18.4 Å². The van der Waals surface area contributed by atoms with Crippen molar-refractivity contribution >= 4 is 27.0 Å². The number of rotatable bonds is 6. The molecule has 1 aromatic heterocycles. The van der Waals surface area contributed by atoms with E-state index >= 15 is 0 Å². The summed E-state index contributed by atoms with van der Waals surface area (Å²) in [6.07, 6.45) is 1.20. The number of nitrogens with zero attached hydrogens (tertiary/aromatic N) is 2. The van der Waals surface area contributed by atoms with Crippen LogP contribution in [0.5, 0.6) is 5.75 Å². The molecular formula is C22H25N3O6S. The number of aromatic nitrogens is 1. The molecule has 0 bridgehead atoms. The summed E-state index contributed by atoms with van der Waals surface area (Å²) in [4.78, 5) is 24.5. The maximum Gasteiger partial charge on any atom is 0.419 e. The lowest BCUT2D eigenvalue weighted by Crippen LogP contribution is -2.45. The largest absolute Gasteiger partial charge is 0.497 e. The van der Waals surface area contributed by atoms with Gasteiger partial charge in [-0.15, -0.1) is 0 Å². The first kappa shape index (κ1) is 22.1. The van der Waals surface area contributed by atoms with Gasteiger partial charge < -0.3 is 14.5 Å². The van der Waals surface area contributed by atoms with Gasteiger partial charge in [0.05, 0.1) is 23.4 Å². The molecule has 2 aromatic carbocycles. The van der Waals surface area contributed by atoms with Gasteiger partial charge in [-0.1, -0.05) is 12.1 Å². The lowest BCUT2D eigenvalue weighted by Gasteiger charge is -2.31. The number of benzene rings is 2. The number of fused-ring (bicyclic) bond motifs is 1. The standard InChI is InChI=1S/C22H25N3O6S/c1-24-19-9-8-18(12-20(19)31-22(24)27)32(28,29)25-10-4-6-16(14-25)21(26)23-13-15-5-3-7-17(11-15)30-2/h3,5,7-9,11-12,16H,4,6,10,13-14H2,1-2H3,(H,23,26)/t16-/m1/s1. The molecule has 1 saturated heterocycles. The lowest BCUT2D eigenvalue weighted by atomic mass is 9.99. The Morgan fingerprint density at radius 1 is 1.25 bits per heavy atom. The predicted molar refractivity (Wildman–Crippen MR) is 118 cm³/mol. The number of amides is 1. The van der Waals surface area contributed by atoms with Gasteiger partial charge in [0.2, 0.25) is 15.9 Å². The van der Waals surface area contributed by atoms with Crippen molar-refractivity contribution in [3.05, 3.63) is 58.6 Å². The average Bonchev–Trinajstić information content (AvgIpc) is 3.10. The van der Waals surface area contributed by atoms with Gasteiger partial charge in [0.25, 0.3) is 0 Å². The monoisotopic (exact) mass is 459 g/mol. The van der Waals surface area contributed by atoms with E-state index in [2.05, 4.69) is 5.32 Å². The normalized spacial score (nSPS) is 17.4. The van der Waals surface area contributed by atoms with Crippen LogP contribution in [0.2, 0.25) is 0 Å². The molecule has 0 spiro atoms. The summed E-state index contributed by atoms with van der Waals surface area (Å²) in [5, 5.41) is 2.90. The van der Waals surface area contributed by atoms with Gasteiger partial charge in [-0.25, -0.2) is 13.2 Å². The van der Waals surface area contributed by atoms with E-state index in [1.54, 1.807) is 20.2 Å². The highest BCUT2D eigenvalue weighted by Gasteiger charge is 2.33. The Labute approximate surface area is 185 Å². The quantitative estimate of drug-likeness (QED) is 0.602. The Kier molecular flexibility index (Phi) is 6.07. The van der Waals surface area contributed by atoms with Crippen LogP contribution >= 0.6 is 0 Å². The van der Waals surface area contributed by atoms with E-state index in [0.29, 0.717) is 37.2 Å². The van der Waals surface area contributed by atoms with Gasteiger partial charge in [0.1, 0.15) is 5.75 Å². The van der Waals surface area contributed by atoms with E-state index in [4.69, 9.17) is 9.15 Å². The topological polar surface area (TPSA) is 111 Å². The molecule has 1 fully saturated rings. The third-order valence-electron chi connectivity index (χ3n) is 5.76. The fraction of sp³-hybridized carbons (Fsp3) is 0.364. The second kappa shape index (κ2) is 8.79. The van der Waals surface area contributed by atoms with E-state index in [1.165, 1.54) is 21.0 Å². The minimum atomic E-state index is -3.83. The van der Waals surface area contributed by atoms with Gasteiger partial charge in [-0.05, 0) is 42.7 Å². The van der Waals surface area contributed by atoms with Crippen LogP contribution in [0.25, 0.3) is 11.1 Å². The van der Waals surface area contributed by atoms with Crippen LogP contribution in [0.4, 0.5) is 0 Å². The number of aryl methyl sites for hydroxylation is 1. The van der Waals surface area contributed by atoms with Crippen LogP contribution in [0.3, 0.4) is 0 Å². The van der Waals surface area contributed by atoms with Crippen LogP contribution in [0.15, 0.2) is 56.6 Å². The smallest absolute Gasteiger partial charge is 0.419 e. The zero-order valence-corrected chi connectivity index (χ0v) is 18.7. The molecule has 3 aromatic rings. The number of hydrogen-bond donors (Lipinski definition) is 1. The third kappa shape index (κ3) is 4.28. The molecule has 10 heteroatoms. The molecule has 1 N–H and O–H groups in total. The highest BCUT2D eigenvalue weighted by atomic mass is 32.2. The van der Waals surface area contributed by atoms with Crippen molar-refractivity contribution in [3.63, 3.8) is 0 Å². The number of hydrogen-bond acceptors (Lipinski definition) is 6. The Balaban J connectivity index is 1.46. The van der Waals surface area contributed by atoms with Crippen molar-refractivity contribution in [1.29, 1.82) is 0 Å². The number of nitrogens with one attached hydrogen (secondary N) is 1. The van der Waals surface area contributed by atoms with Crippen LogP contribution < -0.4 is 15.8 Å². The molecule has 1 amide bonds. The van der Waals surface area contributed by atoms with Crippen molar-refractivity contribution in [2.24, 2.45) is 13.0 Å². The minimum Gasteiger partial charge on any atom is -0.497 e. The van der Waals surface area contributed by atoms with Crippen molar-refractivity contribution in [2.75, 3.05) is 20.2 Å². The van der Waals surface area contributed by atoms with Crippen molar-refractivity contribution in [1.82, 2.24) is 14.2 Å². The predicted octanol–water partition coefficient (Wildman–Crippen LogP) is 1.86. The molecule has 9 nitrogen and oxygen atoms in total. The first-order valence-corrected chi connectivity index (χ1v) is 11.7. The van der Waals surface area contributed by atoms with Crippen LogP contribution in [-0.4, -0.2) is 43.4 Å². The summed E-state index contributed by atoms with van der Waals surface area (Å²) in [7, 11) is -0.696. The summed E-state index contributed by atoms with van der Waals surface area (Å²) < 4.78 is 39.3. The molecule has 32 heavy (non-hydrogen) atoms. The molecule has 1 aliphatic rings. The number of piperidine rings is 1. The minimum absolute atomic E-state index is 0.0387. The van der Waals surface area contributed by atoms with Gasteiger partial charge in [0, 0.05) is 32.7 Å². The molecule has 0 radical (unpaired) electrons. The number of oxazole rings is 1. The summed E-state index contributed by atoms with van der Waals surface area (Å²) in [5.74, 6) is -0.474. The number of carbonyl (C=O) groups excluding carboxylic acids is 1. The van der Waals surface area contributed by atoms with E-state index in [0.717, 1.165) is 5.56 Å². The lowest BCUT2D eigenvalue weighted by molar-refractivity contribution is -0.126. The summed E-state index contributed by atoms with van der Waals surface area (Å²) in [6.45, 7) is 0.769. The second-order valence-electron chi connectivity index (χ2n) is 7.83. The summed E-state index contributed by atoms with van der Waals surface area (Å²) in [5.41, 5.74) is 1.63. The maximum absolute atomic E-state index is 13.2. The Morgan fingerprint density at radius 2 is 2.06 bits per heavy atom. The third-order valence-corrected chi connectivity index (χ3v) is 7.62. The molecule has 0 saturated carbocycles. The van der Waals surface area contributed by atoms with E-state index < -0.39 is 21.7 Å². The first-order chi connectivity index (χ1) is 15.3. The molecule has 1 atom stereocenters. The van der Waals surface area contributed by atoms with Gasteiger partial charge in [-0.2, -0.15) is 4.31 Å². The summed E-state index contributed by atoms with van der Waals surface area (Å²) >= 11 is 0. The molecule has 2 heterocycles. The highest BCUT2D eigenvalue weighted by Crippen LogP contribution is 2.26. The fourth-order valence-electron chi connectivity index (χ4n) is 3.91. The zero-order chi connectivity index (χ0) is 22.9. The van der Waals surface area contributed by atoms with E-state index in [-0.39, 0.29) is 22.9 Å². The number of methoxy groups -OCH3 is 1. The maximum atomic E-state index is 13.2. The Bertz CT molecular complexity index is 1310. The molecule has 1 aliphatic heterocycles. The van der Waals surface area contributed by atoms with Crippen molar-refractivity contribution < 1.29 is 22.4 Å². The molecule has 4 rings (SSSR count). The average molecular weight is 460 g/mol. The fourth-order valence-corrected chi connectivity index (χ4v) is 5.45. The number of carbonyl (C=O) groups is 1. The Hall–Kier alpha value is -3.11. The SMILES string of the molecule is COc1cccc(CNC(=O)[C@@H]2CCCN(S(=O)(=O)c3ccc4c(c3)oc(=O)n4C)C2)c1. The Morgan fingerprint density at radius 3 is 2.84 bits per heavy atom. The van der Waals surface area contributed by atoms with Gasteiger partial charge in [-0.3, -0.25) is 9.36 Å². The molecule has 0 unspecified atom stereocenters. The van der Waals surface area contributed by atoms with Crippen molar-refractivity contribution in [3.8, 4) is 5.75 Å².